The molecule has 1 amide bonds. The molecule has 0 unspecified atom stereocenters. The number of hydrogen-bond donors (Lipinski definition) is 2. The van der Waals surface area contributed by atoms with Crippen LogP contribution < -0.4 is 5.32 Å². The maximum atomic E-state index is 12.0. The normalized spacial score (nSPS) is 10.3. The lowest BCUT2D eigenvalue weighted by Gasteiger charge is -2.08. The molecule has 2 N–H and O–H groups in total. The molecule has 0 bridgehead atoms. The molecule has 0 saturated heterocycles. The number of carbonyl (C=O) groups is 1. The van der Waals surface area contributed by atoms with Crippen molar-refractivity contribution in [2.24, 2.45) is 0 Å². The molecule has 0 saturated carbocycles. The number of carbonyl (C=O) groups excluding carboxylic acids is 1. The molecule has 2 rings (SSSR count). The Balaban J connectivity index is 2.02. The van der Waals surface area contributed by atoms with Crippen LogP contribution >= 0.6 is 15.9 Å². The van der Waals surface area contributed by atoms with Crippen LogP contribution in [0.3, 0.4) is 0 Å². The second-order valence-corrected chi connectivity index (χ2v) is 5.16. The molecule has 0 heterocycles. The highest BCUT2D eigenvalue weighted by molar-refractivity contribution is 9.08. The number of nitrogens with one attached hydrogen (secondary N) is 1. The largest absolute Gasteiger partial charge is 0.507 e. The minimum absolute atomic E-state index is 0.0413. The van der Waals surface area contributed by atoms with Crippen LogP contribution in [0.15, 0.2) is 42.5 Å². The number of alkyl halides is 1. The van der Waals surface area contributed by atoms with Crippen molar-refractivity contribution in [3.05, 3.63) is 64.7 Å². The summed E-state index contributed by atoms with van der Waals surface area (Å²) in [6.45, 7) is 2.21. The molecular weight excluding hydrogens is 318 g/mol. The van der Waals surface area contributed by atoms with Crippen molar-refractivity contribution in [1.82, 2.24) is 5.32 Å². The van der Waals surface area contributed by atoms with Gasteiger partial charge in [-0.2, -0.15) is 0 Å². The van der Waals surface area contributed by atoms with Gasteiger partial charge in [-0.05, 0) is 29.7 Å². The molecule has 0 aliphatic heterocycles. The van der Waals surface area contributed by atoms with Gasteiger partial charge in [0.2, 0.25) is 0 Å². The van der Waals surface area contributed by atoms with Crippen molar-refractivity contribution < 1.29 is 9.90 Å². The van der Waals surface area contributed by atoms with Gasteiger partial charge in [0.15, 0.2) is 0 Å². The summed E-state index contributed by atoms with van der Waals surface area (Å²) >= 11 is 3.39. The molecule has 0 aliphatic rings. The van der Waals surface area contributed by atoms with E-state index in [0.29, 0.717) is 17.7 Å². The number of aryl methyl sites for hydroxylation is 1. The minimum Gasteiger partial charge on any atom is -0.507 e. The number of phenols is 1. The first-order valence-electron chi connectivity index (χ1n) is 6.32. The maximum Gasteiger partial charge on any atom is 0.255 e. The number of benzene rings is 2. The Labute approximate surface area is 126 Å². The quantitative estimate of drug-likeness (QED) is 0.841. The summed E-state index contributed by atoms with van der Waals surface area (Å²) in [6, 6.07) is 13.1. The topological polar surface area (TPSA) is 49.3 Å². The molecule has 2 aromatic carbocycles. The van der Waals surface area contributed by atoms with E-state index in [4.69, 9.17) is 0 Å². The lowest BCUT2D eigenvalue weighted by Crippen LogP contribution is -2.23. The molecule has 104 valence electrons. The molecule has 0 atom stereocenters. The zero-order chi connectivity index (χ0) is 14.5. The third kappa shape index (κ3) is 3.39. The van der Waals surface area contributed by atoms with Crippen molar-refractivity contribution in [2.45, 2.75) is 18.8 Å². The average Bonchev–Trinajstić information content (AvgIpc) is 2.48. The number of amides is 1. The van der Waals surface area contributed by atoms with Gasteiger partial charge >= 0.3 is 0 Å². The fourth-order valence-electron chi connectivity index (χ4n) is 1.87. The van der Waals surface area contributed by atoms with Gasteiger partial charge in [0.25, 0.3) is 5.91 Å². The number of rotatable bonds is 4. The zero-order valence-corrected chi connectivity index (χ0v) is 12.8. The average molecular weight is 334 g/mol. The molecule has 2 aromatic rings. The van der Waals surface area contributed by atoms with E-state index >= 15 is 0 Å². The van der Waals surface area contributed by atoms with E-state index in [1.165, 1.54) is 5.56 Å². The monoisotopic (exact) mass is 333 g/mol. The van der Waals surface area contributed by atoms with Crippen LogP contribution in [0.2, 0.25) is 0 Å². The van der Waals surface area contributed by atoms with Crippen LogP contribution in [-0.4, -0.2) is 11.0 Å². The molecule has 0 aromatic heterocycles. The summed E-state index contributed by atoms with van der Waals surface area (Å²) in [5, 5.41) is 13.5. The Kier molecular flexibility index (Phi) is 4.79. The predicted octanol–water partition coefficient (Wildman–Crippen LogP) is 3.53. The van der Waals surface area contributed by atoms with Crippen LogP contribution in [0.4, 0.5) is 0 Å². The number of phenolic OH excluding ortho intramolecular Hbond substituents is 1. The van der Waals surface area contributed by atoms with Crippen molar-refractivity contribution in [3.8, 4) is 5.75 Å². The fourth-order valence-corrected chi connectivity index (χ4v) is 2.24. The summed E-state index contributed by atoms with van der Waals surface area (Å²) in [4.78, 5) is 12.0. The predicted molar refractivity (Wildman–Crippen MR) is 83.1 cm³/mol. The van der Waals surface area contributed by atoms with Gasteiger partial charge in [-0.15, -0.1) is 0 Å². The van der Waals surface area contributed by atoms with Crippen LogP contribution in [0.25, 0.3) is 0 Å². The first kappa shape index (κ1) is 14.6. The molecule has 4 heteroatoms. The first-order valence-corrected chi connectivity index (χ1v) is 7.44. The molecule has 0 fully saturated rings. The highest BCUT2D eigenvalue weighted by Gasteiger charge is 2.11. The summed E-state index contributed by atoms with van der Waals surface area (Å²) < 4.78 is 0. The number of aromatic hydroxyl groups is 1. The Morgan fingerprint density at radius 1 is 1.15 bits per heavy atom. The Bertz CT molecular complexity index is 608. The number of hydrogen-bond acceptors (Lipinski definition) is 2. The van der Waals surface area contributed by atoms with E-state index in [1.807, 2.05) is 24.3 Å². The van der Waals surface area contributed by atoms with Gasteiger partial charge in [0, 0.05) is 11.9 Å². The fraction of sp³-hybridized carbons (Fsp3) is 0.188. The first-order chi connectivity index (χ1) is 9.61. The van der Waals surface area contributed by atoms with Gasteiger partial charge in [-0.1, -0.05) is 52.3 Å². The Morgan fingerprint density at radius 3 is 2.45 bits per heavy atom. The number of para-hydroxylation sites is 1. The van der Waals surface area contributed by atoms with E-state index in [2.05, 4.69) is 21.2 Å². The van der Waals surface area contributed by atoms with E-state index in [-0.39, 0.29) is 11.7 Å². The van der Waals surface area contributed by atoms with E-state index in [1.54, 1.807) is 25.1 Å². The standard InChI is InChI=1S/C16H16BrNO2/c1-11-3-2-4-14(15(11)19)16(20)18-10-13-7-5-12(9-17)6-8-13/h2-8,19H,9-10H2,1H3,(H,18,20). The summed E-state index contributed by atoms with van der Waals surface area (Å²) in [6.07, 6.45) is 0. The Hall–Kier alpha value is -1.81. The van der Waals surface area contributed by atoms with E-state index < -0.39 is 0 Å². The van der Waals surface area contributed by atoms with Gasteiger partial charge in [-0.25, -0.2) is 0 Å². The molecule has 20 heavy (non-hydrogen) atoms. The molecule has 0 aliphatic carbocycles. The van der Waals surface area contributed by atoms with Gasteiger partial charge in [0.05, 0.1) is 5.56 Å². The van der Waals surface area contributed by atoms with E-state index in [9.17, 15) is 9.90 Å². The number of halogens is 1. The molecule has 3 nitrogen and oxygen atoms in total. The smallest absolute Gasteiger partial charge is 0.255 e. The van der Waals surface area contributed by atoms with Crippen molar-refractivity contribution >= 4 is 21.8 Å². The highest BCUT2D eigenvalue weighted by atomic mass is 79.9. The van der Waals surface area contributed by atoms with Gasteiger partial charge in [-0.3, -0.25) is 4.79 Å². The lowest BCUT2D eigenvalue weighted by molar-refractivity contribution is 0.0948. The summed E-state index contributed by atoms with van der Waals surface area (Å²) in [5.74, 6) is -0.226. The minimum atomic E-state index is -0.268. The lowest BCUT2D eigenvalue weighted by atomic mass is 10.1. The van der Waals surface area contributed by atoms with Crippen LogP contribution in [0.1, 0.15) is 27.0 Å². The van der Waals surface area contributed by atoms with E-state index in [0.717, 1.165) is 10.9 Å². The Morgan fingerprint density at radius 2 is 1.80 bits per heavy atom. The highest BCUT2D eigenvalue weighted by Crippen LogP contribution is 2.21. The third-order valence-electron chi connectivity index (χ3n) is 3.11. The third-order valence-corrected chi connectivity index (χ3v) is 3.76. The van der Waals surface area contributed by atoms with Crippen molar-refractivity contribution in [2.75, 3.05) is 0 Å². The molecule has 0 radical (unpaired) electrons. The van der Waals surface area contributed by atoms with Gasteiger partial charge < -0.3 is 10.4 Å². The van der Waals surface area contributed by atoms with Crippen LogP contribution in [-0.2, 0) is 11.9 Å². The van der Waals surface area contributed by atoms with Gasteiger partial charge in [0.1, 0.15) is 5.75 Å². The van der Waals surface area contributed by atoms with Crippen molar-refractivity contribution in [1.29, 1.82) is 0 Å². The second kappa shape index (κ2) is 6.57. The molecule has 0 spiro atoms. The molecular formula is C16H16BrNO2. The van der Waals surface area contributed by atoms with Crippen LogP contribution in [0.5, 0.6) is 5.75 Å². The summed E-state index contributed by atoms with van der Waals surface area (Å²) in [7, 11) is 0. The van der Waals surface area contributed by atoms with Crippen molar-refractivity contribution in [3.63, 3.8) is 0 Å². The zero-order valence-electron chi connectivity index (χ0n) is 11.2. The second-order valence-electron chi connectivity index (χ2n) is 4.60. The maximum absolute atomic E-state index is 12.0. The summed E-state index contributed by atoms with van der Waals surface area (Å²) in [5.41, 5.74) is 3.22. The van der Waals surface area contributed by atoms with Crippen LogP contribution in [0, 0.1) is 6.92 Å². The SMILES string of the molecule is Cc1cccc(C(=O)NCc2ccc(CBr)cc2)c1O.